The molecule has 0 aliphatic heterocycles. The van der Waals surface area contributed by atoms with Gasteiger partial charge in [0, 0.05) is 31.5 Å². The maximum atomic E-state index is 12.6. The van der Waals surface area contributed by atoms with Crippen molar-refractivity contribution in [2.24, 2.45) is 40.6 Å². The first kappa shape index (κ1) is 31.9. The molecular weight excluding hydrogens is 526 g/mol. The summed E-state index contributed by atoms with van der Waals surface area (Å²) in [5.41, 5.74) is 16.8. The van der Waals surface area contributed by atoms with Gasteiger partial charge in [-0.3, -0.25) is 4.79 Å². The molecule has 0 heterocycles. The van der Waals surface area contributed by atoms with Crippen LogP contribution >= 0.6 is 0 Å². The Labute approximate surface area is 243 Å². The van der Waals surface area contributed by atoms with Crippen LogP contribution in [-0.4, -0.2) is 90.2 Å². The lowest BCUT2D eigenvalue weighted by Gasteiger charge is -2.62. The predicted octanol–water partition coefficient (Wildman–Crippen LogP) is 0.653. The van der Waals surface area contributed by atoms with E-state index in [-0.39, 0.29) is 42.7 Å². The summed E-state index contributed by atoms with van der Waals surface area (Å²) in [4.78, 5) is 12.6. The van der Waals surface area contributed by atoms with E-state index in [9.17, 15) is 25.2 Å². The molecule has 5 unspecified atom stereocenters. The van der Waals surface area contributed by atoms with Crippen LogP contribution in [0.5, 0.6) is 0 Å². The molecule has 0 spiro atoms. The van der Waals surface area contributed by atoms with Gasteiger partial charge in [-0.1, -0.05) is 13.0 Å². The van der Waals surface area contributed by atoms with E-state index in [0.29, 0.717) is 28.9 Å². The molecule has 4 rings (SSSR count). The molecule has 4 aliphatic carbocycles. The van der Waals surface area contributed by atoms with E-state index in [4.69, 9.17) is 20.9 Å². The zero-order valence-corrected chi connectivity index (χ0v) is 25.3. The van der Waals surface area contributed by atoms with Crippen LogP contribution in [0.3, 0.4) is 0 Å². The van der Waals surface area contributed by atoms with Crippen molar-refractivity contribution in [3.05, 3.63) is 45.3 Å². The Hall–Kier alpha value is -2.05. The Morgan fingerprint density at radius 3 is 2.41 bits per heavy atom. The molecule has 10 nitrogen and oxygen atoms in total. The Morgan fingerprint density at radius 1 is 1.22 bits per heavy atom. The third-order valence-electron chi connectivity index (χ3n) is 10.7. The van der Waals surface area contributed by atoms with Gasteiger partial charge < -0.3 is 46.7 Å². The number of rotatable bonds is 8. The summed E-state index contributed by atoms with van der Waals surface area (Å²) in [7, 11) is 3.06. The number of hydrogen-bond donors (Lipinski definition) is 7. The SMILES string of the molecule is CO/C(CO)=C(\C)C(O)C1=C[C@H]2C[C@H]([C@H](N)C3C(CNC(=O)[C@H](C)N)C4=C(C[C@]32C)C(O)C(C)=C(C)C4O)[C@H]1OC. The van der Waals surface area contributed by atoms with Crippen molar-refractivity contribution >= 4 is 5.91 Å². The highest BCUT2D eigenvalue weighted by Gasteiger charge is 2.61. The Balaban J connectivity index is 1.86. The number of aliphatic hydroxyl groups is 4. The number of nitrogens with two attached hydrogens (primary N) is 2. The number of carbonyl (C=O) groups excluding carboxylic acids is 1. The fourth-order valence-electron chi connectivity index (χ4n) is 8.23. The van der Waals surface area contributed by atoms with Crippen molar-refractivity contribution < 1.29 is 34.7 Å². The van der Waals surface area contributed by atoms with Gasteiger partial charge in [-0.15, -0.1) is 0 Å². The monoisotopic (exact) mass is 575 g/mol. The first-order valence-electron chi connectivity index (χ1n) is 14.6. The van der Waals surface area contributed by atoms with Crippen LogP contribution in [0.15, 0.2) is 45.3 Å². The average Bonchev–Trinajstić information content (AvgIpc) is 2.95. The van der Waals surface area contributed by atoms with Gasteiger partial charge in [-0.25, -0.2) is 0 Å². The molecule has 1 saturated carbocycles. The van der Waals surface area contributed by atoms with Crippen molar-refractivity contribution in [2.45, 2.75) is 84.0 Å². The lowest BCUT2D eigenvalue weighted by Crippen LogP contribution is -2.65. The van der Waals surface area contributed by atoms with Crippen molar-refractivity contribution in [3.8, 4) is 0 Å². The summed E-state index contributed by atoms with van der Waals surface area (Å²) >= 11 is 0. The molecule has 0 saturated heterocycles. The van der Waals surface area contributed by atoms with Crippen LogP contribution in [0.2, 0.25) is 0 Å². The van der Waals surface area contributed by atoms with Gasteiger partial charge in [0.25, 0.3) is 0 Å². The second-order valence-corrected chi connectivity index (χ2v) is 12.8. The van der Waals surface area contributed by atoms with E-state index in [1.165, 1.54) is 7.11 Å². The molecule has 0 aromatic rings. The normalized spacial score (nSPS) is 38.8. The van der Waals surface area contributed by atoms with Crippen LogP contribution in [0.25, 0.3) is 0 Å². The minimum atomic E-state index is -1.03. The van der Waals surface area contributed by atoms with E-state index in [1.54, 1.807) is 21.0 Å². The minimum absolute atomic E-state index is 0.0291. The van der Waals surface area contributed by atoms with Gasteiger partial charge in [-0.2, -0.15) is 0 Å². The van der Waals surface area contributed by atoms with Gasteiger partial charge >= 0.3 is 0 Å². The number of amides is 1. The lowest BCUT2D eigenvalue weighted by atomic mass is 9.44. The summed E-state index contributed by atoms with van der Waals surface area (Å²) in [6, 6.07) is -1.09. The standard InChI is InChI=1S/C31H49N3O7/c1-13-14(2)28(38)23-20(26(13)36)10-31(5)17-8-18(25(33)24(31)21(23)11-34-30(39)16(4)32)29(41-7)19(9-17)27(37)15(3)22(12-35)40-6/h9,16-18,21,24-29,35-38H,8,10-12,32-33H2,1-7H3,(H,34,39)/b22-15+/t16-,17+,18+,21?,24?,25-,26?,27?,28?,29+,31-/m0/s1. The summed E-state index contributed by atoms with van der Waals surface area (Å²) in [5, 5.41) is 47.2. The maximum Gasteiger partial charge on any atom is 0.236 e. The summed E-state index contributed by atoms with van der Waals surface area (Å²) in [6.07, 6.45) is 0.110. The molecule has 9 N–H and O–H groups in total. The zero-order chi connectivity index (χ0) is 30.5. The van der Waals surface area contributed by atoms with E-state index in [1.807, 2.05) is 13.8 Å². The highest BCUT2D eigenvalue weighted by Crippen LogP contribution is 2.62. The molecule has 1 amide bonds. The first-order chi connectivity index (χ1) is 19.2. The Bertz CT molecular complexity index is 1170. The smallest absolute Gasteiger partial charge is 0.236 e. The first-order valence-corrected chi connectivity index (χ1v) is 14.6. The average molecular weight is 576 g/mol. The van der Waals surface area contributed by atoms with E-state index in [0.717, 1.165) is 23.1 Å². The highest BCUT2D eigenvalue weighted by molar-refractivity contribution is 5.81. The number of ether oxygens (including phenoxy) is 2. The molecule has 2 bridgehead atoms. The van der Waals surface area contributed by atoms with E-state index in [2.05, 4.69) is 18.3 Å². The van der Waals surface area contributed by atoms with Crippen molar-refractivity contribution in [3.63, 3.8) is 0 Å². The largest absolute Gasteiger partial charge is 0.499 e. The third kappa shape index (κ3) is 5.11. The van der Waals surface area contributed by atoms with Gasteiger partial charge in [0.1, 0.15) is 18.5 Å². The summed E-state index contributed by atoms with van der Waals surface area (Å²) in [6.45, 7) is 9.10. The molecule has 0 aromatic heterocycles. The number of hydrogen-bond acceptors (Lipinski definition) is 9. The quantitative estimate of drug-likeness (QED) is 0.162. The number of methoxy groups -OCH3 is 2. The van der Waals surface area contributed by atoms with Crippen LogP contribution in [0.4, 0.5) is 0 Å². The van der Waals surface area contributed by atoms with Gasteiger partial charge in [0.2, 0.25) is 5.91 Å². The second-order valence-electron chi connectivity index (χ2n) is 12.8. The summed E-state index contributed by atoms with van der Waals surface area (Å²) < 4.78 is 11.3. The number of allylic oxidation sites excluding steroid dienone is 1. The van der Waals surface area contributed by atoms with Crippen molar-refractivity contribution in [2.75, 3.05) is 27.4 Å². The number of fused-ring (bicyclic) bond motifs is 4. The molecular formula is C31H49N3O7. The fourth-order valence-corrected chi connectivity index (χ4v) is 8.23. The van der Waals surface area contributed by atoms with Gasteiger partial charge in [0.15, 0.2) is 0 Å². The second kappa shape index (κ2) is 11.9. The number of carbonyl (C=O) groups is 1. The van der Waals surface area contributed by atoms with Crippen LogP contribution < -0.4 is 16.8 Å². The minimum Gasteiger partial charge on any atom is -0.499 e. The van der Waals surface area contributed by atoms with E-state index < -0.39 is 41.9 Å². The van der Waals surface area contributed by atoms with Crippen LogP contribution in [-0.2, 0) is 14.3 Å². The van der Waals surface area contributed by atoms with Crippen molar-refractivity contribution in [1.82, 2.24) is 5.32 Å². The lowest BCUT2D eigenvalue weighted by molar-refractivity contribution is -0.123. The van der Waals surface area contributed by atoms with Gasteiger partial charge in [0.05, 0.1) is 31.5 Å². The van der Waals surface area contributed by atoms with Crippen LogP contribution in [0.1, 0.15) is 47.5 Å². The zero-order valence-electron chi connectivity index (χ0n) is 25.3. The van der Waals surface area contributed by atoms with Crippen molar-refractivity contribution in [1.29, 1.82) is 0 Å². The Kier molecular flexibility index (Phi) is 9.26. The molecule has 11 atom stereocenters. The summed E-state index contributed by atoms with van der Waals surface area (Å²) in [5.74, 6) is -0.678. The predicted molar refractivity (Wildman–Crippen MR) is 155 cm³/mol. The number of nitrogens with one attached hydrogen (secondary N) is 1. The molecule has 10 heteroatoms. The van der Waals surface area contributed by atoms with Crippen LogP contribution in [0, 0.1) is 29.1 Å². The van der Waals surface area contributed by atoms with Gasteiger partial charge in [-0.05, 0) is 91.2 Å². The topological polar surface area (TPSA) is 181 Å². The third-order valence-corrected chi connectivity index (χ3v) is 10.7. The molecule has 0 radical (unpaired) electrons. The van der Waals surface area contributed by atoms with E-state index >= 15 is 0 Å². The fraction of sp³-hybridized carbons (Fsp3) is 0.710. The molecule has 4 aliphatic rings. The molecule has 1 fully saturated rings. The maximum absolute atomic E-state index is 12.6. The molecule has 230 valence electrons. The molecule has 41 heavy (non-hydrogen) atoms. The highest BCUT2D eigenvalue weighted by atomic mass is 16.5. The number of aliphatic hydroxyl groups excluding tert-OH is 4. The Morgan fingerprint density at radius 2 is 1.85 bits per heavy atom. The molecule has 0 aromatic carbocycles.